The molecule has 0 saturated heterocycles. The zero-order valence-electron chi connectivity index (χ0n) is 21.2. The third-order valence-corrected chi connectivity index (χ3v) is 7.29. The smallest absolute Gasteiger partial charge is 0.332 e. The molecule has 11 nitrogen and oxygen atoms in total. The zero-order valence-corrected chi connectivity index (χ0v) is 22.0. The number of imidazole rings is 1. The maximum Gasteiger partial charge on any atom is 0.332 e. The molecular formula is C24H31N7O4S. The predicted molar refractivity (Wildman–Crippen MR) is 141 cm³/mol. The molecule has 0 spiro atoms. The first kappa shape index (κ1) is 25.6. The quantitative estimate of drug-likeness (QED) is 0.318. The van der Waals surface area contributed by atoms with E-state index < -0.39 is 11.2 Å². The fourth-order valence-electron chi connectivity index (χ4n) is 4.12. The predicted octanol–water partition coefficient (Wildman–Crippen LogP) is 1.82. The number of nitrogens with zero attached hydrogens (tertiary/aromatic N) is 7. The summed E-state index contributed by atoms with van der Waals surface area (Å²) in [6.45, 7) is 9.42. The highest BCUT2D eigenvalue weighted by Crippen LogP contribution is 2.32. The van der Waals surface area contributed by atoms with Gasteiger partial charge >= 0.3 is 5.69 Å². The number of likely N-dealkylation sites (N-methyl/N-ethyl adjacent to an activating group) is 1. The molecule has 0 atom stereocenters. The Morgan fingerprint density at radius 2 is 1.83 bits per heavy atom. The van der Waals surface area contributed by atoms with E-state index in [0.29, 0.717) is 24.8 Å². The molecule has 4 rings (SSSR count). The molecule has 3 aromatic heterocycles. The van der Waals surface area contributed by atoms with Gasteiger partial charge in [-0.15, -0.1) is 0 Å². The summed E-state index contributed by atoms with van der Waals surface area (Å²) in [6, 6.07) is 5.69. The summed E-state index contributed by atoms with van der Waals surface area (Å²) in [6.07, 6.45) is 1.43. The van der Waals surface area contributed by atoms with Gasteiger partial charge in [0.25, 0.3) is 5.56 Å². The van der Waals surface area contributed by atoms with Crippen LogP contribution in [0.2, 0.25) is 0 Å². The van der Waals surface area contributed by atoms with E-state index in [4.69, 9.17) is 9.72 Å². The standard InChI is InChI=1S/C24H31N7O4S/c1-6-29(7-2)11-12-31(23-26-17-10-9-16(35-8-3)13-18(17)36-23)19(32)14-30-15-25-21-20(30)22(33)28(5)24(34)27(21)4/h9-10,13,15H,6-8,11-12,14H2,1-5H3. The number of amides is 1. The van der Waals surface area contributed by atoms with E-state index in [-0.39, 0.29) is 23.6 Å². The number of ether oxygens (including phenoxy) is 1. The van der Waals surface area contributed by atoms with Crippen LogP contribution in [0.15, 0.2) is 34.1 Å². The first-order valence-electron chi connectivity index (χ1n) is 12.0. The highest BCUT2D eigenvalue weighted by atomic mass is 32.1. The van der Waals surface area contributed by atoms with E-state index in [9.17, 15) is 14.4 Å². The Bertz CT molecular complexity index is 1510. The number of aryl methyl sites for hydroxylation is 1. The molecule has 1 amide bonds. The van der Waals surface area contributed by atoms with Crippen molar-refractivity contribution < 1.29 is 9.53 Å². The molecule has 0 fully saturated rings. The van der Waals surface area contributed by atoms with Gasteiger partial charge in [0.15, 0.2) is 16.3 Å². The molecule has 0 bridgehead atoms. The molecule has 0 radical (unpaired) electrons. The molecule has 12 heteroatoms. The van der Waals surface area contributed by atoms with E-state index in [2.05, 4.69) is 23.7 Å². The summed E-state index contributed by atoms with van der Waals surface area (Å²) in [5.41, 5.74) is 0.287. The molecular weight excluding hydrogens is 482 g/mol. The molecule has 0 aliphatic rings. The van der Waals surface area contributed by atoms with Crippen LogP contribution < -0.4 is 20.9 Å². The summed E-state index contributed by atoms with van der Waals surface area (Å²) in [5.74, 6) is 0.536. The van der Waals surface area contributed by atoms with Crippen LogP contribution >= 0.6 is 11.3 Å². The summed E-state index contributed by atoms with van der Waals surface area (Å²) >= 11 is 1.43. The van der Waals surface area contributed by atoms with Gasteiger partial charge in [-0.25, -0.2) is 14.8 Å². The third-order valence-electron chi connectivity index (χ3n) is 6.25. The number of carbonyl (C=O) groups excluding carboxylic acids is 1. The van der Waals surface area contributed by atoms with Crippen molar-refractivity contribution in [1.29, 1.82) is 0 Å². The maximum atomic E-state index is 13.7. The second-order valence-corrected chi connectivity index (χ2v) is 9.39. The lowest BCUT2D eigenvalue weighted by molar-refractivity contribution is -0.119. The highest BCUT2D eigenvalue weighted by molar-refractivity contribution is 7.22. The second kappa shape index (κ2) is 10.6. The van der Waals surface area contributed by atoms with Crippen molar-refractivity contribution in [2.24, 2.45) is 14.1 Å². The van der Waals surface area contributed by atoms with E-state index in [1.165, 1.54) is 33.8 Å². The van der Waals surface area contributed by atoms with Gasteiger partial charge in [0.05, 0.1) is 23.2 Å². The second-order valence-electron chi connectivity index (χ2n) is 8.38. The minimum absolute atomic E-state index is 0.109. The number of thiazole rings is 1. The van der Waals surface area contributed by atoms with Crippen molar-refractivity contribution in [1.82, 2.24) is 28.6 Å². The molecule has 192 valence electrons. The van der Waals surface area contributed by atoms with Crippen LogP contribution in [0, 0.1) is 0 Å². The van der Waals surface area contributed by atoms with Gasteiger partial charge in [0.2, 0.25) is 5.91 Å². The Morgan fingerprint density at radius 3 is 2.53 bits per heavy atom. The van der Waals surface area contributed by atoms with Crippen molar-refractivity contribution >= 4 is 43.8 Å². The molecule has 0 N–H and O–H groups in total. The Hall–Kier alpha value is -3.51. The van der Waals surface area contributed by atoms with Gasteiger partial charge in [-0.2, -0.15) is 0 Å². The zero-order chi connectivity index (χ0) is 26.0. The largest absolute Gasteiger partial charge is 0.494 e. The number of carbonyl (C=O) groups is 1. The van der Waals surface area contributed by atoms with Crippen molar-refractivity contribution in [3.05, 3.63) is 45.4 Å². The van der Waals surface area contributed by atoms with Crippen LogP contribution in [0.3, 0.4) is 0 Å². The highest BCUT2D eigenvalue weighted by Gasteiger charge is 2.23. The van der Waals surface area contributed by atoms with Crippen LogP contribution in [0.4, 0.5) is 5.13 Å². The van der Waals surface area contributed by atoms with Gasteiger partial charge in [0.1, 0.15) is 12.3 Å². The molecule has 0 aliphatic heterocycles. The number of hydrogen-bond donors (Lipinski definition) is 0. The number of hydrogen-bond acceptors (Lipinski definition) is 8. The minimum atomic E-state index is -0.489. The lowest BCUT2D eigenvalue weighted by Crippen LogP contribution is -2.41. The van der Waals surface area contributed by atoms with Crippen LogP contribution in [-0.2, 0) is 25.4 Å². The van der Waals surface area contributed by atoms with Crippen molar-refractivity contribution in [2.75, 3.05) is 37.7 Å². The van der Waals surface area contributed by atoms with Crippen molar-refractivity contribution in [3.8, 4) is 5.75 Å². The first-order valence-corrected chi connectivity index (χ1v) is 12.8. The monoisotopic (exact) mass is 513 g/mol. The maximum absolute atomic E-state index is 13.7. The Kier molecular flexibility index (Phi) is 7.55. The fraction of sp³-hybridized carbons (Fsp3) is 0.458. The molecule has 0 aliphatic carbocycles. The Balaban J connectivity index is 1.71. The number of anilines is 1. The number of benzene rings is 1. The lowest BCUT2D eigenvalue weighted by atomic mass is 10.3. The average molecular weight is 514 g/mol. The van der Waals surface area contributed by atoms with Gasteiger partial charge in [-0.05, 0) is 38.2 Å². The Morgan fingerprint density at radius 1 is 1.08 bits per heavy atom. The third kappa shape index (κ3) is 4.78. The Labute approximate surface area is 212 Å². The van der Waals surface area contributed by atoms with E-state index in [1.54, 1.807) is 11.9 Å². The topological polar surface area (TPSA) is 107 Å². The van der Waals surface area contributed by atoms with Crippen LogP contribution in [-0.4, -0.2) is 67.3 Å². The van der Waals surface area contributed by atoms with Crippen molar-refractivity contribution in [2.45, 2.75) is 27.3 Å². The number of aromatic nitrogens is 5. The van der Waals surface area contributed by atoms with E-state index >= 15 is 0 Å². The molecule has 36 heavy (non-hydrogen) atoms. The average Bonchev–Trinajstić information content (AvgIpc) is 3.48. The summed E-state index contributed by atoms with van der Waals surface area (Å²) in [4.78, 5) is 51.6. The van der Waals surface area contributed by atoms with E-state index in [0.717, 1.165) is 33.6 Å². The van der Waals surface area contributed by atoms with Gasteiger partial charge < -0.3 is 14.2 Å². The van der Waals surface area contributed by atoms with Gasteiger partial charge in [0, 0.05) is 27.2 Å². The summed E-state index contributed by atoms with van der Waals surface area (Å²) in [7, 11) is 2.97. The summed E-state index contributed by atoms with van der Waals surface area (Å²) < 4.78 is 10.4. The normalized spacial score (nSPS) is 11.6. The SMILES string of the molecule is CCOc1ccc2nc(N(CCN(CC)CC)C(=O)Cn3cnc4c3c(=O)n(C)c(=O)n4C)sc2c1. The van der Waals surface area contributed by atoms with Gasteiger partial charge in [-0.3, -0.25) is 23.6 Å². The molecule has 3 heterocycles. The fourth-order valence-corrected chi connectivity index (χ4v) is 5.16. The number of rotatable bonds is 10. The van der Waals surface area contributed by atoms with Crippen LogP contribution in [0.5, 0.6) is 5.75 Å². The van der Waals surface area contributed by atoms with Crippen molar-refractivity contribution in [3.63, 3.8) is 0 Å². The van der Waals surface area contributed by atoms with E-state index in [1.807, 2.05) is 25.1 Å². The summed E-state index contributed by atoms with van der Waals surface area (Å²) in [5, 5.41) is 0.584. The van der Waals surface area contributed by atoms with Crippen LogP contribution in [0.1, 0.15) is 20.8 Å². The molecule has 1 aromatic carbocycles. The van der Waals surface area contributed by atoms with Crippen LogP contribution in [0.25, 0.3) is 21.4 Å². The van der Waals surface area contributed by atoms with Gasteiger partial charge in [-0.1, -0.05) is 25.2 Å². The number of fused-ring (bicyclic) bond motifs is 2. The minimum Gasteiger partial charge on any atom is -0.494 e. The lowest BCUT2D eigenvalue weighted by Gasteiger charge is -2.25. The molecule has 0 unspecified atom stereocenters. The first-order chi connectivity index (χ1) is 17.3. The molecule has 4 aromatic rings. The molecule has 0 saturated carbocycles.